The summed E-state index contributed by atoms with van der Waals surface area (Å²) in [6.45, 7) is 6.27. The summed E-state index contributed by atoms with van der Waals surface area (Å²) in [5.74, 6) is 0.252. The van der Waals surface area contributed by atoms with Crippen LogP contribution in [0.4, 0.5) is 5.13 Å². The third-order valence-corrected chi connectivity index (χ3v) is 8.30. The highest BCUT2D eigenvalue weighted by Gasteiger charge is 2.32. The van der Waals surface area contributed by atoms with Gasteiger partial charge in [0.2, 0.25) is 15.2 Å². The second-order valence-electron chi connectivity index (χ2n) is 7.96. The minimum atomic E-state index is -3.67. The van der Waals surface area contributed by atoms with Gasteiger partial charge in [-0.25, -0.2) is 13.4 Å². The number of thiazole rings is 1. The van der Waals surface area contributed by atoms with E-state index in [9.17, 15) is 13.2 Å². The summed E-state index contributed by atoms with van der Waals surface area (Å²) >= 11 is 1.40. The predicted molar refractivity (Wildman–Crippen MR) is 127 cm³/mol. The molecule has 0 aliphatic carbocycles. The van der Waals surface area contributed by atoms with E-state index >= 15 is 0 Å². The van der Waals surface area contributed by atoms with E-state index in [1.54, 1.807) is 7.11 Å². The van der Waals surface area contributed by atoms with Crippen molar-refractivity contribution in [3.63, 3.8) is 0 Å². The maximum atomic E-state index is 13.0. The average molecular weight is 491 g/mol. The van der Waals surface area contributed by atoms with Gasteiger partial charge in [0, 0.05) is 18.7 Å². The van der Waals surface area contributed by atoms with Crippen molar-refractivity contribution in [3.05, 3.63) is 47.5 Å². The summed E-state index contributed by atoms with van der Waals surface area (Å²) in [6.07, 6.45) is -0.350. The van der Waals surface area contributed by atoms with Gasteiger partial charge < -0.3 is 9.47 Å². The maximum Gasteiger partial charge on any atom is 0.269 e. The predicted octanol–water partition coefficient (Wildman–Crippen LogP) is 3.17. The van der Waals surface area contributed by atoms with Gasteiger partial charge in [0.25, 0.3) is 5.91 Å². The zero-order valence-corrected chi connectivity index (χ0v) is 20.4. The topological polar surface area (TPSA) is 110 Å². The van der Waals surface area contributed by atoms with Gasteiger partial charge in [-0.2, -0.15) is 4.31 Å². The number of nitrogens with zero attached hydrogens (tertiary/aromatic N) is 2. The molecule has 33 heavy (non-hydrogen) atoms. The van der Waals surface area contributed by atoms with Crippen molar-refractivity contribution in [2.75, 3.05) is 25.6 Å². The molecule has 2 N–H and O–H groups in total. The van der Waals surface area contributed by atoms with Gasteiger partial charge in [0.1, 0.15) is 11.3 Å². The Bertz CT molecular complexity index is 1260. The first kappa shape index (κ1) is 23.4. The number of ether oxygens (including phenoxy) is 2. The largest absolute Gasteiger partial charge is 0.494 e. The highest BCUT2D eigenvalue weighted by molar-refractivity contribution is 7.89. The van der Waals surface area contributed by atoms with Gasteiger partial charge in [0.05, 0.1) is 28.9 Å². The Morgan fingerprint density at radius 1 is 1.15 bits per heavy atom. The first-order valence-electron chi connectivity index (χ1n) is 10.4. The Kier molecular flexibility index (Phi) is 6.57. The lowest BCUT2D eigenvalue weighted by molar-refractivity contribution is -0.0440. The van der Waals surface area contributed by atoms with Crippen LogP contribution >= 0.6 is 11.3 Å². The molecule has 11 heteroatoms. The Hall–Kier alpha value is -2.73. The Balaban J connectivity index is 1.45. The number of nitrogens with one attached hydrogen (secondary N) is 2. The SMILES string of the molecule is COc1ccc(C)c2sc(NNC(=O)c3ccc(S(=O)(=O)N4C[C@H](C)O[C@@H](C)C4)cc3)nc12. The van der Waals surface area contributed by atoms with Gasteiger partial charge in [0.15, 0.2) is 0 Å². The lowest BCUT2D eigenvalue weighted by Crippen LogP contribution is -2.48. The molecule has 0 unspecified atom stereocenters. The fourth-order valence-corrected chi connectivity index (χ4v) is 6.26. The number of carbonyl (C=O) groups excluding carboxylic acids is 1. The Morgan fingerprint density at radius 2 is 1.82 bits per heavy atom. The van der Waals surface area contributed by atoms with E-state index in [4.69, 9.17) is 9.47 Å². The molecule has 0 radical (unpaired) electrons. The number of anilines is 1. The number of hydrogen-bond donors (Lipinski definition) is 2. The van der Waals surface area contributed by atoms with Crippen molar-refractivity contribution >= 4 is 42.6 Å². The summed E-state index contributed by atoms with van der Waals surface area (Å²) in [7, 11) is -2.08. The summed E-state index contributed by atoms with van der Waals surface area (Å²) < 4.78 is 39.3. The van der Waals surface area contributed by atoms with Crippen LogP contribution in [0, 0.1) is 6.92 Å². The highest BCUT2D eigenvalue weighted by atomic mass is 32.2. The summed E-state index contributed by atoms with van der Waals surface area (Å²) in [5, 5.41) is 0.515. The number of amides is 1. The van der Waals surface area contributed by atoms with Crippen LogP contribution in [-0.4, -0.2) is 56.0 Å². The van der Waals surface area contributed by atoms with Crippen LogP contribution < -0.4 is 15.6 Å². The van der Waals surface area contributed by atoms with Crippen LogP contribution in [0.3, 0.4) is 0 Å². The van der Waals surface area contributed by atoms with E-state index in [1.807, 2.05) is 32.9 Å². The quantitative estimate of drug-likeness (QED) is 0.511. The van der Waals surface area contributed by atoms with E-state index in [1.165, 1.54) is 39.9 Å². The molecule has 0 spiro atoms. The highest BCUT2D eigenvalue weighted by Crippen LogP contribution is 2.34. The van der Waals surface area contributed by atoms with Gasteiger partial charge in [-0.1, -0.05) is 17.4 Å². The molecule has 176 valence electrons. The maximum absolute atomic E-state index is 13.0. The molecular weight excluding hydrogens is 464 g/mol. The zero-order chi connectivity index (χ0) is 23.8. The summed E-state index contributed by atoms with van der Waals surface area (Å²) in [6, 6.07) is 9.68. The number of aromatic nitrogens is 1. The van der Waals surface area contributed by atoms with E-state index in [2.05, 4.69) is 15.8 Å². The minimum Gasteiger partial charge on any atom is -0.494 e. The molecule has 1 saturated heterocycles. The lowest BCUT2D eigenvalue weighted by Gasteiger charge is -2.34. The van der Waals surface area contributed by atoms with Crippen LogP contribution in [0.15, 0.2) is 41.3 Å². The molecule has 0 saturated carbocycles. The smallest absolute Gasteiger partial charge is 0.269 e. The number of methoxy groups -OCH3 is 1. The molecule has 0 bridgehead atoms. The monoisotopic (exact) mass is 490 g/mol. The number of rotatable bonds is 6. The standard InChI is InChI=1S/C22H26N4O5S2/c1-13-5-10-18(30-4)19-20(13)32-22(23-19)25-24-21(27)16-6-8-17(9-7-16)33(28,29)26-11-14(2)31-15(3)12-26/h5-10,14-15H,11-12H2,1-4H3,(H,23,25)(H,24,27)/t14-,15-/m0/s1. The number of aryl methyl sites for hydroxylation is 1. The molecule has 2 atom stereocenters. The molecule has 2 heterocycles. The third kappa shape index (κ3) is 4.81. The molecule has 2 aromatic carbocycles. The summed E-state index contributed by atoms with van der Waals surface area (Å²) in [4.78, 5) is 17.2. The van der Waals surface area contributed by atoms with E-state index in [0.29, 0.717) is 29.5 Å². The molecular formula is C22H26N4O5S2. The van der Waals surface area contributed by atoms with Crippen LogP contribution in [0.5, 0.6) is 5.75 Å². The van der Waals surface area contributed by atoms with E-state index in [-0.39, 0.29) is 17.1 Å². The second-order valence-corrected chi connectivity index (χ2v) is 10.9. The number of hydrogen-bond acceptors (Lipinski definition) is 8. The first-order chi connectivity index (χ1) is 15.7. The third-order valence-electron chi connectivity index (χ3n) is 5.35. The minimum absolute atomic E-state index is 0.141. The Labute approximate surface area is 196 Å². The Morgan fingerprint density at radius 3 is 2.45 bits per heavy atom. The van der Waals surface area contributed by atoms with E-state index < -0.39 is 15.9 Å². The molecule has 4 rings (SSSR count). The number of morpholine rings is 1. The van der Waals surface area contributed by atoms with Crippen LogP contribution in [-0.2, 0) is 14.8 Å². The van der Waals surface area contributed by atoms with Crippen LogP contribution in [0.2, 0.25) is 0 Å². The number of benzene rings is 2. The van der Waals surface area contributed by atoms with Gasteiger partial charge in [-0.05, 0) is 56.7 Å². The molecule has 3 aromatic rings. The number of sulfonamides is 1. The lowest BCUT2D eigenvalue weighted by atomic mass is 10.2. The normalized spacial score (nSPS) is 19.4. The van der Waals surface area contributed by atoms with Crippen molar-refractivity contribution in [2.45, 2.75) is 37.9 Å². The number of carbonyl (C=O) groups is 1. The van der Waals surface area contributed by atoms with Gasteiger partial charge in [-0.15, -0.1) is 0 Å². The van der Waals surface area contributed by atoms with Crippen molar-refractivity contribution in [3.8, 4) is 5.75 Å². The number of hydrazine groups is 1. The molecule has 1 amide bonds. The van der Waals surface area contributed by atoms with Crippen LogP contribution in [0.1, 0.15) is 29.8 Å². The second kappa shape index (κ2) is 9.26. The van der Waals surface area contributed by atoms with Crippen LogP contribution in [0.25, 0.3) is 10.2 Å². The molecule has 1 aliphatic rings. The van der Waals surface area contributed by atoms with Gasteiger partial charge in [-0.3, -0.25) is 15.6 Å². The molecule has 1 aliphatic heterocycles. The summed E-state index contributed by atoms with van der Waals surface area (Å²) in [5.41, 5.74) is 7.54. The molecule has 1 fully saturated rings. The molecule has 1 aromatic heterocycles. The van der Waals surface area contributed by atoms with Gasteiger partial charge >= 0.3 is 0 Å². The first-order valence-corrected chi connectivity index (χ1v) is 12.7. The zero-order valence-electron chi connectivity index (χ0n) is 18.8. The van der Waals surface area contributed by atoms with Crippen molar-refractivity contribution < 1.29 is 22.7 Å². The molecule has 9 nitrogen and oxygen atoms in total. The van der Waals surface area contributed by atoms with Crippen molar-refractivity contribution in [2.24, 2.45) is 0 Å². The fraction of sp³-hybridized carbons (Fsp3) is 0.364. The van der Waals surface area contributed by atoms with Crippen molar-refractivity contribution in [1.82, 2.24) is 14.7 Å². The average Bonchev–Trinajstić information content (AvgIpc) is 3.22. The van der Waals surface area contributed by atoms with E-state index in [0.717, 1.165) is 15.8 Å². The fourth-order valence-electron chi connectivity index (χ4n) is 3.76. The van der Waals surface area contributed by atoms with Crippen molar-refractivity contribution in [1.29, 1.82) is 0 Å². The number of fused-ring (bicyclic) bond motifs is 1.